The van der Waals surface area contributed by atoms with Gasteiger partial charge in [0.1, 0.15) is 11.3 Å². The van der Waals surface area contributed by atoms with E-state index in [0.717, 1.165) is 40.5 Å². The molecule has 0 aliphatic heterocycles. The topological polar surface area (TPSA) is 57.8 Å². The Morgan fingerprint density at radius 1 is 1.29 bits per heavy atom. The number of aromatic amines is 1. The molecule has 0 unspecified atom stereocenters. The van der Waals surface area contributed by atoms with Crippen molar-refractivity contribution in [3.63, 3.8) is 0 Å². The number of amides is 1. The van der Waals surface area contributed by atoms with E-state index in [1.807, 2.05) is 13.0 Å². The van der Waals surface area contributed by atoms with Gasteiger partial charge in [0.2, 0.25) is 0 Å². The summed E-state index contributed by atoms with van der Waals surface area (Å²) in [5, 5.41) is 4.31. The van der Waals surface area contributed by atoms with Crippen LogP contribution in [0.3, 0.4) is 0 Å². The van der Waals surface area contributed by atoms with E-state index in [1.54, 1.807) is 0 Å². The van der Waals surface area contributed by atoms with Crippen LogP contribution >= 0.6 is 0 Å². The molecule has 0 saturated heterocycles. The molecule has 0 radical (unpaired) electrons. The highest BCUT2D eigenvalue weighted by molar-refractivity contribution is 5.98. The Morgan fingerprint density at radius 3 is 2.71 bits per heavy atom. The Hall–Kier alpha value is -1.84. The highest BCUT2D eigenvalue weighted by Gasteiger charge is 2.56. The third-order valence-corrected chi connectivity index (χ3v) is 6.85. The van der Waals surface area contributed by atoms with Gasteiger partial charge in [0.05, 0.1) is 0 Å². The second kappa shape index (κ2) is 5.08. The summed E-state index contributed by atoms with van der Waals surface area (Å²) in [5.74, 6) is 2.02. The van der Waals surface area contributed by atoms with Crippen molar-refractivity contribution in [1.82, 2.24) is 15.3 Å². The first kappa shape index (κ1) is 15.7. The van der Waals surface area contributed by atoms with Gasteiger partial charge < -0.3 is 10.3 Å². The Morgan fingerprint density at radius 2 is 2.04 bits per heavy atom. The molecule has 2 aromatic rings. The van der Waals surface area contributed by atoms with Crippen LogP contribution in [0.1, 0.15) is 55.4 Å². The molecular weight excluding hydrogens is 298 g/mol. The van der Waals surface area contributed by atoms with Crippen molar-refractivity contribution in [2.75, 3.05) is 0 Å². The number of carbonyl (C=O) groups excluding carboxylic acids is 1. The van der Waals surface area contributed by atoms with Crippen LogP contribution in [0.15, 0.2) is 12.1 Å². The van der Waals surface area contributed by atoms with Crippen LogP contribution in [0, 0.1) is 37.0 Å². The summed E-state index contributed by atoms with van der Waals surface area (Å²) in [6.07, 6.45) is 2.43. The predicted octanol–water partition coefficient (Wildman–Crippen LogP) is 3.98. The monoisotopic (exact) mass is 325 g/mol. The van der Waals surface area contributed by atoms with Gasteiger partial charge in [-0.15, -0.1) is 0 Å². The molecule has 0 spiro atoms. The quantitative estimate of drug-likeness (QED) is 0.877. The molecule has 2 N–H and O–H groups in total. The molecular formula is C20H27N3O. The summed E-state index contributed by atoms with van der Waals surface area (Å²) in [7, 11) is 0. The summed E-state index contributed by atoms with van der Waals surface area (Å²) in [6.45, 7) is 11.1. The number of hydrogen-bond acceptors (Lipinski definition) is 2. The van der Waals surface area contributed by atoms with Gasteiger partial charge in [-0.05, 0) is 67.6 Å². The Balaban J connectivity index is 1.54. The van der Waals surface area contributed by atoms with Crippen molar-refractivity contribution >= 4 is 16.9 Å². The molecule has 128 valence electrons. The highest BCUT2D eigenvalue weighted by atomic mass is 16.1. The fraction of sp³-hybridized carbons (Fsp3) is 0.600. The third-order valence-electron chi connectivity index (χ3n) is 6.85. The van der Waals surface area contributed by atoms with E-state index >= 15 is 0 Å². The number of fused-ring (bicyclic) bond motifs is 3. The van der Waals surface area contributed by atoms with E-state index < -0.39 is 0 Å². The van der Waals surface area contributed by atoms with Crippen molar-refractivity contribution in [1.29, 1.82) is 0 Å². The molecule has 2 heterocycles. The smallest absolute Gasteiger partial charge is 0.267 e. The van der Waals surface area contributed by atoms with Crippen LogP contribution in [0.4, 0.5) is 0 Å². The van der Waals surface area contributed by atoms with Crippen molar-refractivity contribution in [3.8, 4) is 0 Å². The van der Waals surface area contributed by atoms with Crippen molar-refractivity contribution in [3.05, 3.63) is 29.1 Å². The molecule has 0 aromatic carbocycles. The number of hydrogen-bond donors (Lipinski definition) is 2. The maximum atomic E-state index is 12.7. The number of nitrogens with one attached hydrogen (secondary N) is 2. The molecule has 24 heavy (non-hydrogen) atoms. The van der Waals surface area contributed by atoms with E-state index in [0.29, 0.717) is 17.0 Å². The molecule has 3 fully saturated rings. The first-order valence-corrected chi connectivity index (χ1v) is 9.05. The molecule has 2 bridgehead atoms. The number of aromatic nitrogens is 2. The number of H-pyrrole nitrogens is 1. The number of carbonyl (C=O) groups is 1. The lowest BCUT2D eigenvalue weighted by Crippen LogP contribution is -2.60. The Labute approximate surface area is 143 Å². The number of rotatable bonds is 2. The molecule has 4 heteroatoms. The predicted molar refractivity (Wildman–Crippen MR) is 96.0 cm³/mol. The van der Waals surface area contributed by atoms with Crippen LogP contribution < -0.4 is 5.32 Å². The summed E-state index contributed by atoms with van der Waals surface area (Å²) in [4.78, 5) is 20.4. The van der Waals surface area contributed by atoms with Crippen LogP contribution in [-0.4, -0.2) is 21.9 Å². The average Bonchev–Trinajstić information content (AvgIpc) is 2.93. The van der Waals surface area contributed by atoms with Crippen LogP contribution in [0.5, 0.6) is 0 Å². The summed E-state index contributed by atoms with van der Waals surface area (Å²) in [6, 6.07) is 4.28. The van der Waals surface area contributed by atoms with Crippen LogP contribution in [0.25, 0.3) is 11.0 Å². The van der Waals surface area contributed by atoms with Crippen molar-refractivity contribution in [2.24, 2.45) is 23.2 Å². The third kappa shape index (κ3) is 2.19. The first-order chi connectivity index (χ1) is 11.3. The minimum Gasteiger partial charge on any atom is -0.348 e. The molecule has 3 saturated carbocycles. The second-order valence-electron chi connectivity index (χ2n) is 8.56. The van der Waals surface area contributed by atoms with Crippen LogP contribution in [0.2, 0.25) is 0 Å². The SMILES string of the molecule is Cc1cc(C)c2cc(C(=O)N[C@H]3C[C@H]4C[C@@H]([C@@H]3C)C4(C)C)[nH]c2n1. The van der Waals surface area contributed by atoms with Crippen molar-refractivity contribution < 1.29 is 4.79 Å². The molecule has 3 aliphatic carbocycles. The van der Waals surface area contributed by atoms with Gasteiger partial charge in [-0.25, -0.2) is 4.98 Å². The summed E-state index contributed by atoms with van der Waals surface area (Å²) in [5.41, 5.74) is 3.99. The minimum atomic E-state index is 0.000934. The summed E-state index contributed by atoms with van der Waals surface area (Å²) < 4.78 is 0. The van der Waals surface area contributed by atoms with E-state index in [1.165, 1.54) is 6.42 Å². The fourth-order valence-corrected chi connectivity index (χ4v) is 5.14. The molecule has 5 rings (SSSR count). The van der Waals surface area contributed by atoms with E-state index in [2.05, 4.69) is 49.0 Å². The zero-order valence-corrected chi connectivity index (χ0v) is 15.2. The lowest BCUT2D eigenvalue weighted by atomic mass is 9.45. The Bertz CT molecular complexity index is 820. The zero-order valence-electron chi connectivity index (χ0n) is 15.2. The average molecular weight is 325 g/mol. The minimum absolute atomic E-state index is 0.000934. The highest BCUT2D eigenvalue weighted by Crippen LogP contribution is 2.61. The largest absolute Gasteiger partial charge is 0.348 e. The molecule has 3 aliphatic rings. The van der Waals surface area contributed by atoms with E-state index in [-0.39, 0.29) is 11.9 Å². The lowest BCUT2D eigenvalue weighted by molar-refractivity contribution is -0.113. The molecule has 4 atom stereocenters. The number of pyridine rings is 1. The van der Waals surface area contributed by atoms with E-state index in [9.17, 15) is 4.79 Å². The molecule has 4 nitrogen and oxygen atoms in total. The molecule has 1 amide bonds. The summed E-state index contributed by atoms with van der Waals surface area (Å²) >= 11 is 0. The maximum Gasteiger partial charge on any atom is 0.267 e. The maximum absolute atomic E-state index is 12.7. The van der Waals surface area contributed by atoms with E-state index in [4.69, 9.17) is 0 Å². The second-order valence-corrected chi connectivity index (χ2v) is 8.56. The van der Waals surface area contributed by atoms with Crippen LogP contribution in [-0.2, 0) is 0 Å². The first-order valence-electron chi connectivity index (χ1n) is 9.05. The normalized spacial score (nSPS) is 30.9. The van der Waals surface area contributed by atoms with Gasteiger partial charge in [0.15, 0.2) is 0 Å². The van der Waals surface area contributed by atoms with Gasteiger partial charge in [0.25, 0.3) is 5.91 Å². The number of nitrogens with zero attached hydrogens (tertiary/aromatic N) is 1. The Kier molecular flexibility index (Phi) is 3.32. The van der Waals surface area contributed by atoms with Gasteiger partial charge in [0, 0.05) is 17.1 Å². The number of aryl methyl sites for hydroxylation is 2. The lowest BCUT2D eigenvalue weighted by Gasteiger charge is -2.62. The zero-order chi connectivity index (χ0) is 17.2. The van der Waals surface area contributed by atoms with Crippen molar-refractivity contribution in [2.45, 2.75) is 53.5 Å². The van der Waals surface area contributed by atoms with Gasteiger partial charge in [-0.2, -0.15) is 0 Å². The standard InChI is InChI=1S/C20H27N3O/c1-10-6-11(2)21-18-14(10)9-17(22-18)19(24)23-16-8-13-7-15(12(16)3)20(13,4)5/h6,9,12-13,15-16H,7-8H2,1-5H3,(H,21,22)(H,23,24)/t12-,13+,15-,16-/m0/s1. The fourth-order valence-electron chi connectivity index (χ4n) is 5.14. The van der Waals surface area contributed by atoms with Gasteiger partial charge in [-0.1, -0.05) is 20.8 Å². The van der Waals surface area contributed by atoms with Gasteiger partial charge >= 0.3 is 0 Å². The van der Waals surface area contributed by atoms with Gasteiger partial charge in [-0.3, -0.25) is 4.79 Å². The molecule has 2 aromatic heterocycles.